The molecule has 0 aromatic heterocycles. The first kappa shape index (κ1) is 25.5. The van der Waals surface area contributed by atoms with Crippen LogP contribution in [-0.4, -0.2) is 76.6 Å². The van der Waals surface area contributed by atoms with Crippen LogP contribution in [0.1, 0.15) is 27.7 Å². The van der Waals surface area contributed by atoms with Crippen LogP contribution < -0.4 is 5.73 Å². The standard InChI is InChI=1S/C18H24Br2N2O9/c1-17(2)6-28-13(24)9(17)30-15(26)11(19)22(5-8(21)23)12(20)16(27)31-10-14(25)29-7-18(10,3)4/h9-12H,5-7H2,1-4H3,(H2,21,23)/t9-,10-,11?,12?/m0/s1. The summed E-state index contributed by atoms with van der Waals surface area (Å²) < 4.78 is 20.4. The highest BCUT2D eigenvalue weighted by atomic mass is 79.9. The van der Waals surface area contributed by atoms with Crippen LogP contribution in [0.4, 0.5) is 0 Å². The van der Waals surface area contributed by atoms with Crippen molar-refractivity contribution in [1.82, 2.24) is 4.90 Å². The molecule has 31 heavy (non-hydrogen) atoms. The van der Waals surface area contributed by atoms with Crippen molar-refractivity contribution in [2.45, 2.75) is 49.8 Å². The lowest BCUT2D eigenvalue weighted by molar-refractivity contribution is -0.168. The lowest BCUT2D eigenvalue weighted by Gasteiger charge is -2.31. The maximum Gasteiger partial charge on any atom is 0.348 e. The van der Waals surface area contributed by atoms with E-state index in [2.05, 4.69) is 31.9 Å². The Morgan fingerprint density at radius 1 is 0.968 bits per heavy atom. The van der Waals surface area contributed by atoms with Gasteiger partial charge in [-0.05, 0) is 0 Å². The molecule has 2 N–H and O–H groups in total. The number of primary amides is 1. The Balaban J connectivity index is 2.14. The van der Waals surface area contributed by atoms with Crippen molar-refractivity contribution in [3.05, 3.63) is 0 Å². The summed E-state index contributed by atoms with van der Waals surface area (Å²) in [5.41, 5.74) is 3.74. The van der Waals surface area contributed by atoms with Gasteiger partial charge in [0.1, 0.15) is 13.2 Å². The largest absolute Gasteiger partial charge is 0.462 e. The van der Waals surface area contributed by atoms with Crippen LogP contribution in [0.15, 0.2) is 0 Å². The van der Waals surface area contributed by atoms with Crippen LogP contribution in [-0.2, 0) is 42.9 Å². The second-order valence-corrected chi connectivity index (χ2v) is 10.4. The average molecular weight is 572 g/mol. The van der Waals surface area contributed by atoms with Crippen molar-refractivity contribution in [1.29, 1.82) is 0 Å². The molecule has 174 valence electrons. The highest BCUT2D eigenvalue weighted by molar-refractivity contribution is 9.10. The van der Waals surface area contributed by atoms with Gasteiger partial charge in [-0.25, -0.2) is 19.2 Å². The van der Waals surface area contributed by atoms with E-state index in [1.54, 1.807) is 27.7 Å². The minimum atomic E-state index is -1.36. The smallest absolute Gasteiger partial charge is 0.348 e. The third kappa shape index (κ3) is 5.75. The first-order chi connectivity index (χ1) is 14.2. The molecule has 2 heterocycles. The number of carbonyl (C=O) groups is 5. The van der Waals surface area contributed by atoms with Gasteiger partial charge in [-0.1, -0.05) is 59.6 Å². The fourth-order valence-corrected chi connectivity index (χ4v) is 4.24. The van der Waals surface area contributed by atoms with E-state index in [0.717, 1.165) is 4.90 Å². The van der Waals surface area contributed by atoms with Crippen molar-refractivity contribution < 1.29 is 42.9 Å². The Labute approximate surface area is 195 Å². The van der Waals surface area contributed by atoms with Crippen LogP contribution in [0.5, 0.6) is 0 Å². The Morgan fingerprint density at radius 2 is 1.32 bits per heavy atom. The van der Waals surface area contributed by atoms with Gasteiger partial charge in [0.05, 0.1) is 6.54 Å². The van der Waals surface area contributed by atoms with Gasteiger partial charge in [-0.2, -0.15) is 0 Å². The second-order valence-electron chi connectivity index (χ2n) is 8.64. The van der Waals surface area contributed by atoms with Crippen molar-refractivity contribution in [3.8, 4) is 0 Å². The number of alkyl halides is 2. The molecule has 0 aromatic rings. The molecule has 4 atom stereocenters. The molecule has 11 nitrogen and oxygen atoms in total. The normalized spacial score (nSPS) is 26.0. The zero-order chi connectivity index (χ0) is 23.7. The molecule has 0 saturated carbocycles. The predicted octanol–water partition coefficient (Wildman–Crippen LogP) is 0.205. The van der Waals surface area contributed by atoms with Crippen molar-refractivity contribution >= 4 is 61.6 Å². The molecule has 0 radical (unpaired) electrons. The number of nitrogens with zero attached hydrogens (tertiary/aromatic N) is 1. The van der Waals surface area contributed by atoms with Crippen LogP contribution in [0.2, 0.25) is 0 Å². The number of hydrogen-bond acceptors (Lipinski definition) is 10. The molecule has 13 heteroatoms. The van der Waals surface area contributed by atoms with Gasteiger partial charge in [-0.15, -0.1) is 0 Å². The Morgan fingerprint density at radius 3 is 1.58 bits per heavy atom. The summed E-state index contributed by atoms with van der Waals surface area (Å²) in [6.07, 6.45) is -2.32. The fourth-order valence-electron chi connectivity index (χ4n) is 2.94. The summed E-state index contributed by atoms with van der Waals surface area (Å²) in [6.45, 7) is 6.35. The number of nitrogens with two attached hydrogens (primary N) is 1. The molecule has 0 bridgehead atoms. The van der Waals surface area contributed by atoms with Gasteiger partial charge >= 0.3 is 23.9 Å². The summed E-state index contributed by atoms with van der Waals surface area (Å²) in [5.74, 6) is -4.14. The predicted molar refractivity (Wildman–Crippen MR) is 111 cm³/mol. The zero-order valence-corrected chi connectivity index (χ0v) is 20.6. The van der Waals surface area contributed by atoms with Gasteiger partial charge in [0.15, 0.2) is 9.90 Å². The van der Waals surface area contributed by atoms with Gasteiger partial charge < -0.3 is 24.7 Å². The first-order valence-electron chi connectivity index (χ1n) is 9.24. The number of hydrogen-bond donors (Lipinski definition) is 1. The molecule has 2 aliphatic heterocycles. The molecule has 0 spiro atoms. The number of esters is 4. The van der Waals surface area contributed by atoms with Crippen molar-refractivity contribution in [3.63, 3.8) is 0 Å². The van der Waals surface area contributed by atoms with E-state index in [9.17, 15) is 24.0 Å². The minimum absolute atomic E-state index is 0.0718. The van der Waals surface area contributed by atoms with Crippen LogP contribution in [0, 0.1) is 10.8 Å². The van der Waals surface area contributed by atoms with Crippen LogP contribution in [0.3, 0.4) is 0 Å². The van der Waals surface area contributed by atoms with E-state index in [1.165, 1.54) is 0 Å². The van der Waals surface area contributed by atoms with E-state index in [0.29, 0.717) is 0 Å². The number of halogens is 2. The SMILES string of the molecule is CC1(C)COC(=O)[C@@H]1OC(=O)C(Br)N(CC(N)=O)C(Br)C(=O)O[C@H]1C(=O)OCC1(C)C. The molecular formula is C18H24Br2N2O9. The summed E-state index contributed by atoms with van der Waals surface area (Å²) in [4.78, 5) is 59.0. The number of ether oxygens (including phenoxy) is 4. The molecule has 0 aliphatic carbocycles. The lowest BCUT2D eigenvalue weighted by Crippen LogP contribution is -2.52. The van der Waals surface area contributed by atoms with E-state index in [4.69, 9.17) is 24.7 Å². The molecule has 2 fully saturated rings. The number of carbonyl (C=O) groups excluding carboxylic acids is 5. The quantitative estimate of drug-likeness (QED) is 0.185. The molecular weight excluding hydrogens is 548 g/mol. The molecule has 2 aliphatic rings. The molecule has 2 unspecified atom stereocenters. The maximum absolute atomic E-state index is 12.7. The molecule has 1 amide bonds. The maximum atomic E-state index is 12.7. The van der Waals surface area contributed by atoms with E-state index >= 15 is 0 Å². The minimum Gasteiger partial charge on any atom is -0.462 e. The van der Waals surface area contributed by atoms with Gasteiger partial charge in [0.25, 0.3) is 0 Å². The summed E-state index contributed by atoms with van der Waals surface area (Å²) >= 11 is 6.16. The number of cyclic esters (lactones) is 2. The fraction of sp³-hybridized carbons (Fsp3) is 0.722. The summed E-state index contributed by atoms with van der Waals surface area (Å²) in [5, 5.41) is 0. The van der Waals surface area contributed by atoms with Crippen molar-refractivity contribution in [2.75, 3.05) is 19.8 Å². The first-order valence-corrected chi connectivity index (χ1v) is 11.1. The highest BCUT2D eigenvalue weighted by Gasteiger charge is 2.50. The van der Waals surface area contributed by atoms with Gasteiger partial charge in [0, 0.05) is 10.8 Å². The topological polar surface area (TPSA) is 152 Å². The molecule has 0 aromatic carbocycles. The van der Waals surface area contributed by atoms with E-state index < -0.39 is 69.3 Å². The van der Waals surface area contributed by atoms with Crippen LogP contribution >= 0.6 is 31.9 Å². The van der Waals surface area contributed by atoms with E-state index in [1.807, 2.05) is 0 Å². The van der Waals surface area contributed by atoms with Crippen LogP contribution in [0.25, 0.3) is 0 Å². The highest BCUT2D eigenvalue weighted by Crippen LogP contribution is 2.33. The number of rotatable bonds is 8. The van der Waals surface area contributed by atoms with E-state index in [-0.39, 0.29) is 13.2 Å². The Bertz CT molecular complexity index is 730. The average Bonchev–Trinajstić information content (AvgIpc) is 3.07. The van der Waals surface area contributed by atoms with Gasteiger partial charge in [0.2, 0.25) is 18.1 Å². The lowest BCUT2D eigenvalue weighted by atomic mass is 9.90. The third-order valence-corrected chi connectivity index (χ3v) is 6.60. The Hall–Kier alpha value is -1.73. The summed E-state index contributed by atoms with van der Waals surface area (Å²) in [7, 11) is 0. The Kier molecular flexibility index (Phi) is 7.75. The number of amides is 1. The summed E-state index contributed by atoms with van der Waals surface area (Å²) in [6, 6.07) is 0. The third-order valence-electron chi connectivity index (χ3n) is 4.80. The van der Waals surface area contributed by atoms with Gasteiger partial charge in [-0.3, -0.25) is 9.69 Å². The molecule has 2 rings (SSSR count). The zero-order valence-electron chi connectivity index (χ0n) is 17.4. The second kappa shape index (κ2) is 9.41. The monoisotopic (exact) mass is 570 g/mol. The van der Waals surface area contributed by atoms with Crippen molar-refractivity contribution in [2.24, 2.45) is 16.6 Å². The molecule has 2 saturated heterocycles.